The highest BCUT2D eigenvalue weighted by atomic mass is 35.5. The van der Waals surface area contributed by atoms with Crippen LogP contribution in [0, 0.1) is 5.92 Å². The maximum absolute atomic E-state index is 12.1. The van der Waals surface area contributed by atoms with Gasteiger partial charge in [-0.05, 0) is 61.4 Å². The van der Waals surface area contributed by atoms with Crippen LogP contribution in [0.15, 0.2) is 35.7 Å². The predicted molar refractivity (Wildman–Crippen MR) is 127 cm³/mol. The molecule has 0 atom stereocenters. The summed E-state index contributed by atoms with van der Waals surface area (Å²) in [6.45, 7) is 7.85. The molecule has 0 bridgehead atoms. The van der Waals surface area contributed by atoms with Crippen molar-refractivity contribution in [3.8, 4) is 5.75 Å². The molecule has 188 valence electrons. The van der Waals surface area contributed by atoms with Gasteiger partial charge in [-0.25, -0.2) is 4.79 Å². The van der Waals surface area contributed by atoms with Crippen molar-refractivity contribution >= 4 is 40.5 Å². The SMILES string of the molecule is CC(C)CCN1CCC(Oc2ccc(NC(=O)c3cccs3)cc2Cl)CC1.O=C(O)C(F)(F)F. The van der Waals surface area contributed by atoms with Crippen LogP contribution in [0.25, 0.3) is 0 Å². The number of carboxylic acid groups (broad SMARTS) is 1. The smallest absolute Gasteiger partial charge is 0.489 e. The molecular formula is C23H28ClF3N2O4S. The Labute approximate surface area is 205 Å². The fourth-order valence-electron chi connectivity index (χ4n) is 3.15. The molecule has 2 N–H and O–H groups in total. The van der Waals surface area contributed by atoms with E-state index in [0.717, 1.165) is 31.8 Å². The lowest BCUT2D eigenvalue weighted by molar-refractivity contribution is -0.192. The van der Waals surface area contributed by atoms with Crippen molar-refractivity contribution in [1.82, 2.24) is 4.90 Å². The molecule has 2 heterocycles. The quantitative estimate of drug-likeness (QED) is 0.456. The number of halogens is 4. The Morgan fingerprint density at radius 3 is 2.41 bits per heavy atom. The molecule has 6 nitrogen and oxygen atoms in total. The molecule has 1 aromatic carbocycles. The number of nitrogens with zero attached hydrogens (tertiary/aromatic N) is 1. The topological polar surface area (TPSA) is 78.9 Å². The monoisotopic (exact) mass is 520 g/mol. The molecule has 0 aliphatic carbocycles. The number of carbonyl (C=O) groups excluding carboxylic acids is 1. The number of aliphatic carboxylic acids is 1. The van der Waals surface area contributed by atoms with E-state index in [9.17, 15) is 18.0 Å². The van der Waals surface area contributed by atoms with Gasteiger partial charge in [-0.1, -0.05) is 31.5 Å². The van der Waals surface area contributed by atoms with Crippen LogP contribution in [0.3, 0.4) is 0 Å². The summed E-state index contributed by atoms with van der Waals surface area (Å²) in [4.78, 5) is 24.2. The number of ether oxygens (including phenoxy) is 1. The minimum Gasteiger partial charge on any atom is -0.489 e. The molecule has 0 saturated carbocycles. The number of likely N-dealkylation sites (tertiary alicyclic amines) is 1. The highest BCUT2D eigenvalue weighted by molar-refractivity contribution is 7.12. The second-order valence-corrected chi connectivity index (χ2v) is 9.58. The molecule has 1 amide bonds. The first-order chi connectivity index (χ1) is 16.0. The number of carboxylic acids is 1. The van der Waals surface area contributed by atoms with Crippen molar-refractivity contribution in [2.45, 2.75) is 45.4 Å². The Bertz CT molecular complexity index is 931. The summed E-state index contributed by atoms with van der Waals surface area (Å²) in [6, 6.07) is 9.09. The summed E-state index contributed by atoms with van der Waals surface area (Å²) in [5, 5.41) is 12.4. The van der Waals surface area contributed by atoms with E-state index >= 15 is 0 Å². The van der Waals surface area contributed by atoms with Crippen LogP contribution in [0.4, 0.5) is 18.9 Å². The van der Waals surface area contributed by atoms with Crippen LogP contribution in [0.2, 0.25) is 5.02 Å². The number of amides is 1. The Hall–Kier alpha value is -2.30. The third kappa shape index (κ3) is 9.52. The van der Waals surface area contributed by atoms with Gasteiger partial charge in [-0.15, -0.1) is 11.3 Å². The summed E-state index contributed by atoms with van der Waals surface area (Å²) in [7, 11) is 0. The first kappa shape index (κ1) is 27.9. The lowest BCUT2D eigenvalue weighted by atomic mass is 10.1. The van der Waals surface area contributed by atoms with Crippen molar-refractivity contribution in [2.75, 3.05) is 25.0 Å². The number of nitrogens with one attached hydrogen (secondary N) is 1. The van der Waals surface area contributed by atoms with E-state index in [1.165, 1.54) is 24.3 Å². The standard InChI is InChI=1S/C21H27ClN2O2S.C2HF3O2/c1-15(2)7-10-24-11-8-17(9-12-24)26-19-6-5-16(14-18(19)22)23-21(25)20-4-3-13-27-20;3-2(4,5)1(6)7/h3-6,13-15,17H,7-12H2,1-2H3,(H,23,25);(H,6,7). The predicted octanol–water partition coefficient (Wildman–Crippen LogP) is 6.18. The molecule has 0 radical (unpaired) electrons. The molecule has 1 saturated heterocycles. The molecule has 1 aliphatic rings. The van der Waals surface area contributed by atoms with Crippen molar-refractivity contribution in [3.63, 3.8) is 0 Å². The normalized spacial score (nSPS) is 14.9. The number of thiophene rings is 1. The van der Waals surface area contributed by atoms with Gasteiger partial charge in [0.05, 0.1) is 9.90 Å². The second kappa shape index (κ2) is 13.0. The Kier molecular flexibility index (Phi) is 10.7. The molecule has 0 spiro atoms. The van der Waals surface area contributed by atoms with E-state index in [4.69, 9.17) is 26.2 Å². The number of alkyl halides is 3. The van der Waals surface area contributed by atoms with Crippen molar-refractivity contribution in [2.24, 2.45) is 5.92 Å². The van der Waals surface area contributed by atoms with E-state index in [-0.39, 0.29) is 12.0 Å². The zero-order valence-electron chi connectivity index (χ0n) is 18.9. The highest BCUT2D eigenvalue weighted by Crippen LogP contribution is 2.30. The first-order valence-electron chi connectivity index (χ1n) is 10.8. The average molecular weight is 521 g/mol. The first-order valence-corrected chi connectivity index (χ1v) is 12.0. The molecule has 2 aromatic rings. The molecular weight excluding hydrogens is 493 g/mol. The van der Waals surface area contributed by atoms with E-state index in [0.29, 0.717) is 21.3 Å². The fourth-order valence-corrected chi connectivity index (χ4v) is 3.99. The van der Waals surface area contributed by atoms with E-state index < -0.39 is 12.1 Å². The third-order valence-electron chi connectivity index (χ3n) is 5.03. The summed E-state index contributed by atoms with van der Waals surface area (Å²) in [5.74, 6) is -1.45. The van der Waals surface area contributed by atoms with Gasteiger partial charge in [0.15, 0.2) is 0 Å². The van der Waals surface area contributed by atoms with Gasteiger partial charge in [0.1, 0.15) is 11.9 Å². The van der Waals surface area contributed by atoms with Crippen molar-refractivity contribution < 1.29 is 32.6 Å². The second-order valence-electron chi connectivity index (χ2n) is 8.22. The largest absolute Gasteiger partial charge is 0.490 e. The number of hydrogen-bond donors (Lipinski definition) is 2. The maximum atomic E-state index is 12.1. The van der Waals surface area contributed by atoms with Gasteiger partial charge in [-0.2, -0.15) is 13.2 Å². The number of benzene rings is 1. The molecule has 3 rings (SSSR count). The molecule has 1 aromatic heterocycles. The highest BCUT2D eigenvalue weighted by Gasteiger charge is 2.38. The van der Waals surface area contributed by atoms with Crippen LogP contribution < -0.4 is 10.1 Å². The summed E-state index contributed by atoms with van der Waals surface area (Å²) in [5.41, 5.74) is 0.675. The van der Waals surface area contributed by atoms with Crippen LogP contribution in [-0.2, 0) is 4.79 Å². The summed E-state index contributed by atoms with van der Waals surface area (Å²) in [6.07, 6.45) is -1.60. The number of piperidine rings is 1. The van der Waals surface area contributed by atoms with E-state index in [2.05, 4.69) is 24.1 Å². The van der Waals surface area contributed by atoms with Gasteiger partial charge in [0.2, 0.25) is 0 Å². The zero-order chi connectivity index (χ0) is 25.3. The van der Waals surface area contributed by atoms with Crippen molar-refractivity contribution in [3.05, 3.63) is 45.6 Å². The Balaban J connectivity index is 0.000000509. The average Bonchev–Trinajstić information content (AvgIpc) is 3.30. The van der Waals surface area contributed by atoms with Gasteiger partial charge in [-0.3, -0.25) is 4.79 Å². The van der Waals surface area contributed by atoms with Gasteiger partial charge in [0.25, 0.3) is 5.91 Å². The van der Waals surface area contributed by atoms with Crippen LogP contribution in [0.5, 0.6) is 5.75 Å². The third-order valence-corrected chi connectivity index (χ3v) is 6.19. The lowest BCUT2D eigenvalue weighted by Gasteiger charge is -2.32. The number of rotatable bonds is 7. The number of anilines is 1. The van der Waals surface area contributed by atoms with E-state index in [1.54, 1.807) is 12.1 Å². The van der Waals surface area contributed by atoms with Crippen molar-refractivity contribution in [1.29, 1.82) is 0 Å². The summed E-state index contributed by atoms with van der Waals surface area (Å²) < 4.78 is 37.9. The fraction of sp³-hybridized carbons (Fsp3) is 0.478. The molecule has 11 heteroatoms. The van der Waals surface area contributed by atoms with Gasteiger partial charge < -0.3 is 20.1 Å². The minimum absolute atomic E-state index is 0.122. The van der Waals surface area contributed by atoms with Gasteiger partial charge >= 0.3 is 12.1 Å². The zero-order valence-corrected chi connectivity index (χ0v) is 20.5. The lowest BCUT2D eigenvalue weighted by Crippen LogP contribution is -2.39. The van der Waals surface area contributed by atoms with Crippen LogP contribution >= 0.6 is 22.9 Å². The summed E-state index contributed by atoms with van der Waals surface area (Å²) >= 11 is 7.80. The maximum Gasteiger partial charge on any atom is 0.490 e. The Morgan fingerprint density at radius 2 is 1.91 bits per heavy atom. The van der Waals surface area contributed by atoms with Gasteiger partial charge in [0, 0.05) is 18.8 Å². The molecule has 0 unspecified atom stereocenters. The molecule has 34 heavy (non-hydrogen) atoms. The minimum atomic E-state index is -5.08. The number of hydrogen-bond acceptors (Lipinski definition) is 5. The Morgan fingerprint density at radius 1 is 1.26 bits per heavy atom. The van der Waals surface area contributed by atoms with E-state index in [1.807, 2.05) is 23.6 Å². The number of carbonyl (C=O) groups is 2. The van der Waals surface area contributed by atoms with Crippen LogP contribution in [0.1, 0.15) is 42.8 Å². The molecule has 1 aliphatic heterocycles. The molecule has 1 fully saturated rings. The van der Waals surface area contributed by atoms with Crippen LogP contribution in [-0.4, -0.2) is 53.8 Å².